The van der Waals surface area contributed by atoms with E-state index in [1.165, 1.54) is 6.42 Å². The zero-order valence-corrected chi connectivity index (χ0v) is 14.4. The second-order valence-corrected chi connectivity index (χ2v) is 6.79. The van der Waals surface area contributed by atoms with E-state index in [4.69, 9.17) is 9.84 Å². The lowest BCUT2D eigenvalue weighted by Gasteiger charge is -2.24. The molecule has 2 aliphatic rings. The molecule has 2 bridgehead atoms. The summed E-state index contributed by atoms with van der Waals surface area (Å²) < 4.78 is 5.11. The van der Waals surface area contributed by atoms with Crippen LogP contribution in [0.5, 0.6) is 5.75 Å². The van der Waals surface area contributed by atoms with E-state index in [0.29, 0.717) is 35.7 Å². The number of anilines is 1. The highest BCUT2D eigenvalue weighted by Gasteiger charge is 2.35. The number of aliphatic carboxylic acids is 1. The predicted molar refractivity (Wildman–Crippen MR) is 94.7 cm³/mol. The highest BCUT2D eigenvalue weighted by Crippen LogP contribution is 2.42. The van der Waals surface area contributed by atoms with Gasteiger partial charge in [0, 0.05) is 12.2 Å². The van der Waals surface area contributed by atoms with Crippen molar-refractivity contribution in [1.82, 2.24) is 5.32 Å². The van der Waals surface area contributed by atoms with Gasteiger partial charge in [0.05, 0.1) is 13.7 Å². The maximum atomic E-state index is 12.3. The lowest BCUT2D eigenvalue weighted by Crippen LogP contribution is -2.41. The molecule has 0 heterocycles. The van der Waals surface area contributed by atoms with Gasteiger partial charge in [0.1, 0.15) is 12.3 Å². The fourth-order valence-electron chi connectivity index (χ4n) is 3.80. The van der Waals surface area contributed by atoms with Crippen molar-refractivity contribution >= 4 is 17.6 Å². The van der Waals surface area contributed by atoms with E-state index in [1.807, 2.05) is 0 Å². The number of benzene rings is 1. The van der Waals surface area contributed by atoms with E-state index in [-0.39, 0.29) is 19.0 Å². The maximum Gasteiger partial charge on any atom is 0.323 e. The number of carboxylic acids is 1. The molecule has 3 atom stereocenters. The molecule has 2 N–H and O–H groups in total. The molecule has 0 saturated heterocycles. The van der Waals surface area contributed by atoms with E-state index in [2.05, 4.69) is 17.5 Å². The number of carbonyl (C=O) groups is 2. The van der Waals surface area contributed by atoms with Crippen LogP contribution in [0.25, 0.3) is 0 Å². The second-order valence-electron chi connectivity index (χ2n) is 6.79. The van der Waals surface area contributed by atoms with Gasteiger partial charge in [0.25, 0.3) is 0 Å². The fourth-order valence-corrected chi connectivity index (χ4v) is 3.80. The van der Waals surface area contributed by atoms with Gasteiger partial charge in [-0.25, -0.2) is 0 Å². The molecule has 0 spiro atoms. The molecule has 2 aliphatic carbocycles. The zero-order valence-electron chi connectivity index (χ0n) is 14.4. The third-order valence-electron chi connectivity index (χ3n) is 5.08. The van der Waals surface area contributed by atoms with Gasteiger partial charge >= 0.3 is 5.97 Å². The molecule has 0 radical (unpaired) electrons. The minimum Gasteiger partial charge on any atom is -0.497 e. The van der Waals surface area contributed by atoms with Crippen LogP contribution in [-0.4, -0.2) is 43.7 Å². The summed E-state index contributed by atoms with van der Waals surface area (Å²) >= 11 is 0. The summed E-state index contributed by atoms with van der Waals surface area (Å²) in [5.74, 6) is 1.34. The third-order valence-corrected chi connectivity index (χ3v) is 5.08. The summed E-state index contributed by atoms with van der Waals surface area (Å²) in [7, 11) is 1.57. The Balaban J connectivity index is 1.56. The van der Waals surface area contributed by atoms with Crippen LogP contribution in [0.1, 0.15) is 12.8 Å². The van der Waals surface area contributed by atoms with Crippen LogP contribution in [0.2, 0.25) is 0 Å². The van der Waals surface area contributed by atoms with Gasteiger partial charge in [0.2, 0.25) is 5.91 Å². The number of nitrogens with one attached hydrogen (secondary N) is 1. The first-order valence-electron chi connectivity index (χ1n) is 8.61. The first kappa shape index (κ1) is 17.3. The monoisotopic (exact) mass is 344 g/mol. The molecule has 1 aromatic carbocycles. The summed E-state index contributed by atoms with van der Waals surface area (Å²) in [6.45, 7) is 0.458. The number of methoxy groups -OCH3 is 1. The minimum absolute atomic E-state index is 0.0231. The molecule has 1 fully saturated rings. The Hall–Kier alpha value is -2.50. The number of nitrogens with zero attached hydrogens (tertiary/aromatic N) is 1. The Kier molecular flexibility index (Phi) is 5.26. The Bertz CT molecular complexity index is 656. The SMILES string of the molecule is COc1ccc(N(CC(=O)O)CC(=O)NC[C@H]2C[C@@H]3C=C[C@@H]2C3)cc1. The number of fused-ring (bicyclic) bond motifs is 2. The average molecular weight is 344 g/mol. The molecule has 0 unspecified atom stereocenters. The van der Waals surface area contributed by atoms with Crippen molar-refractivity contribution in [3.63, 3.8) is 0 Å². The standard InChI is InChI=1S/C19H24N2O4/c1-25-17-6-4-16(5-7-17)21(12-19(23)24)11-18(22)20-10-15-9-13-2-3-14(15)8-13/h2-7,13-15H,8-12H2,1H3,(H,20,22)(H,23,24)/t13-,14-,15-/m1/s1. The van der Waals surface area contributed by atoms with E-state index >= 15 is 0 Å². The van der Waals surface area contributed by atoms with Crippen LogP contribution >= 0.6 is 0 Å². The maximum absolute atomic E-state index is 12.3. The number of hydrogen-bond donors (Lipinski definition) is 2. The van der Waals surface area contributed by atoms with Gasteiger partial charge in [0.15, 0.2) is 0 Å². The van der Waals surface area contributed by atoms with Gasteiger partial charge in [-0.3, -0.25) is 9.59 Å². The topological polar surface area (TPSA) is 78.9 Å². The molecule has 1 amide bonds. The van der Waals surface area contributed by atoms with Crippen LogP contribution < -0.4 is 15.0 Å². The van der Waals surface area contributed by atoms with Crippen molar-refractivity contribution in [2.75, 3.05) is 31.6 Å². The number of carbonyl (C=O) groups excluding carboxylic acids is 1. The second kappa shape index (κ2) is 7.59. The molecule has 1 aromatic rings. The number of ether oxygens (including phenoxy) is 1. The molecule has 6 heteroatoms. The quantitative estimate of drug-likeness (QED) is 0.705. The molecule has 25 heavy (non-hydrogen) atoms. The Morgan fingerprint density at radius 1 is 1.20 bits per heavy atom. The smallest absolute Gasteiger partial charge is 0.323 e. The van der Waals surface area contributed by atoms with Crippen molar-refractivity contribution < 1.29 is 19.4 Å². The van der Waals surface area contributed by atoms with E-state index in [1.54, 1.807) is 36.3 Å². The van der Waals surface area contributed by atoms with Crippen molar-refractivity contribution in [3.8, 4) is 5.75 Å². The first-order valence-corrected chi connectivity index (χ1v) is 8.61. The number of amides is 1. The van der Waals surface area contributed by atoms with E-state index < -0.39 is 5.97 Å². The van der Waals surface area contributed by atoms with Crippen LogP contribution in [-0.2, 0) is 9.59 Å². The molecule has 134 valence electrons. The van der Waals surface area contributed by atoms with E-state index in [9.17, 15) is 9.59 Å². The van der Waals surface area contributed by atoms with Gasteiger partial charge in [-0.05, 0) is 54.9 Å². The third kappa shape index (κ3) is 4.32. The van der Waals surface area contributed by atoms with Gasteiger partial charge < -0.3 is 20.1 Å². The molecule has 0 aromatic heterocycles. The number of rotatable bonds is 8. The minimum atomic E-state index is -0.971. The summed E-state index contributed by atoms with van der Waals surface area (Å²) in [5.41, 5.74) is 0.682. The molecule has 3 rings (SSSR count). The summed E-state index contributed by atoms with van der Waals surface area (Å²) in [5, 5.41) is 12.1. The van der Waals surface area contributed by atoms with Gasteiger partial charge in [-0.2, -0.15) is 0 Å². The summed E-state index contributed by atoms with van der Waals surface area (Å²) in [6, 6.07) is 7.03. The predicted octanol–water partition coefficient (Wildman–Crippen LogP) is 1.91. The summed E-state index contributed by atoms with van der Waals surface area (Å²) in [4.78, 5) is 25.0. The zero-order chi connectivity index (χ0) is 17.8. The van der Waals surface area contributed by atoms with Crippen LogP contribution in [0.4, 0.5) is 5.69 Å². The Labute approximate surface area is 147 Å². The lowest BCUT2D eigenvalue weighted by atomic mass is 9.94. The van der Waals surface area contributed by atoms with Crippen molar-refractivity contribution in [3.05, 3.63) is 36.4 Å². The fraction of sp³-hybridized carbons (Fsp3) is 0.474. The molecular weight excluding hydrogens is 320 g/mol. The Morgan fingerprint density at radius 2 is 1.96 bits per heavy atom. The van der Waals surface area contributed by atoms with Crippen molar-refractivity contribution in [2.24, 2.45) is 17.8 Å². The van der Waals surface area contributed by atoms with Gasteiger partial charge in [-0.1, -0.05) is 12.2 Å². The molecule has 0 aliphatic heterocycles. The van der Waals surface area contributed by atoms with E-state index in [0.717, 1.165) is 6.42 Å². The van der Waals surface area contributed by atoms with Crippen molar-refractivity contribution in [1.29, 1.82) is 0 Å². The Morgan fingerprint density at radius 3 is 2.52 bits per heavy atom. The van der Waals surface area contributed by atoms with Gasteiger partial charge in [-0.15, -0.1) is 0 Å². The van der Waals surface area contributed by atoms with Crippen LogP contribution in [0.3, 0.4) is 0 Å². The van der Waals surface area contributed by atoms with Crippen LogP contribution in [0, 0.1) is 17.8 Å². The number of hydrogen-bond acceptors (Lipinski definition) is 4. The molecular formula is C19H24N2O4. The molecule has 6 nitrogen and oxygen atoms in total. The highest BCUT2D eigenvalue weighted by molar-refractivity contribution is 5.84. The summed E-state index contributed by atoms with van der Waals surface area (Å²) in [6.07, 6.45) is 6.89. The normalized spacial score (nSPS) is 23.5. The number of carboxylic acid groups (broad SMARTS) is 1. The van der Waals surface area contributed by atoms with Crippen molar-refractivity contribution in [2.45, 2.75) is 12.8 Å². The van der Waals surface area contributed by atoms with Crippen LogP contribution in [0.15, 0.2) is 36.4 Å². The highest BCUT2D eigenvalue weighted by atomic mass is 16.5. The largest absolute Gasteiger partial charge is 0.497 e. The molecule has 1 saturated carbocycles. The first-order chi connectivity index (χ1) is 12.0. The average Bonchev–Trinajstić information content (AvgIpc) is 3.22. The number of allylic oxidation sites excluding steroid dienone is 2. The lowest BCUT2D eigenvalue weighted by molar-refractivity contribution is -0.135.